The van der Waals surface area contributed by atoms with E-state index in [4.69, 9.17) is 4.74 Å². The molecule has 138 valence electrons. The smallest absolute Gasteiger partial charge is 0.308 e. The standard InChI is InChI=1S/C18H27N3O4/c1-12-14(11-19-21(12)13-6-9-25-10-7-13)16(22)20-18(2)8-4-3-5-15(18)17(23)24/h11,13,15H,3-10H2,1-2H3,(H,20,22)(H,23,24). The molecule has 2 aliphatic rings. The molecule has 0 bridgehead atoms. The second-order valence-electron chi connectivity index (χ2n) is 7.44. The summed E-state index contributed by atoms with van der Waals surface area (Å²) in [6.45, 7) is 5.17. The Morgan fingerprint density at radius 1 is 1.32 bits per heavy atom. The molecule has 1 amide bonds. The number of aromatic nitrogens is 2. The van der Waals surface area contributed by atoms with Crippen LogP contribution in [-0.2, 0) is 9.53 Å². The van der Waals surface area contributed by atoms with Crippen LogP contribution < -0.4 is 5.32 Å². The van der Waals surface area contributed by atoms with Gasteiger partial charge in [-0.15, -0.1) is 0 Å². The van der Waals surface area contributed by atoms with Crippen molar-refractivity contribution in [2.24, 2.45) is 5.92 Å². The van der Waals surface area contributed by atoms with E-state index in [1.54, 1.807) is 6.20 Å². The van der Waals surface area contributed by atoms with E-state index in [1.807, 2.05) is 18.5 Å². The first-order chi connectivity index (χ1) is 11.9. The highest BCUT2D eigenvalue weighted by Gasteiger charge is 2.42. The number of hydrogen-bond donors (Lipinski definition) is 2. The van der Waals surface area contributed by atoms with Crippen molar-refractivity contribution in [1.29, 1.82) is 0 Å². The zero-order chi connectivity index (χ0) is 18.0. The highest BCUT2D eigenvalue weighted by Crippen LogP contribution is 2.34. The van der Waals surface area contributed by atoms with Crippen molar-refractivity contribution in [2.45, 2.75) is 64.0 Å². The Hall–Kier alpha value is -1.89. The molecule has 0 spiro atoms. The number of carbonyl (C=O) groups is 2. The Labute approximate surface area is 147 Å². The average molecular weight is 349 g/mol. The van der Waals surface area contributed by atoms with Crippen molar-refractivity contribution in [1.82, 2.24) is 15.1 Å². The van der Waals surface area contributed by atoms with Crippen LogP contribution in [-0.4, -0.2) is 45.5 Å². The second kappa shape index (κ2) is 7.15. The van der Waals surface area contributed by atoms with Crippen molar-refractivity contribution in [3.05, 3.63) is 17.5 Å². The Kier molecular flexibility index (Phi) is 5.13. The molecule has 1 saturated heterocycles. The minimum Gasteiger partial charge on any atom is -0.481 e. The van der Waals surface area contributed by atoms with Crippen molar-refractivity contribution < 1.29 is 19.4 Å². The summed E-state index contributed by atoms with van der Waals surface area (Å²) in [6, 6.07) is 0.257. The van der Waals surface area contributed by atoms with Crippen molar-refractivity contribution in [3.8, 4) is 0 Å². The van der Waals surface area contributed by atoms with Crippen molar-refractivity contribution in [2.75, 3.05) is 13.2 Å². The van der Waals surface area contributed by atoms with Gasteiger partial charge in [0, 0.05) is 18.9 Å². The molecule has 3 rings (SSSR count). The fourth-order valence-corrected chi connectivity index (χ4v) is 4.15. The highest BCUT2D eigenvalue weighted by atomic mass is 16.5. The van der Waals surface area contributed by atoms with Crippen LogP contribution in [0.4, 0.5) is 0 Å². The van der Waals surface area contributed by atoms with Gasteiger partial charge in [0.15, 0.2) is 0 Å². The molecule has 2 N–H and O–H groups in total. The molecule has 2 heterocycles. The average Bonchev–Trinajstić information content (AvgIpc) is 2.97. The third kappa shape index (κ3) is 3.56. The molecule has 2 unspecified atom stereocenters. The van der Waals surface area contributed by atoms with Crippen LogP contribution in [0.25, 0.3) is 0 Å². The van der Waals surface area contributed by atoms with E-state index in [1.165, 1.54) is 0 Å². The number of ether oxygens (including phenoxy) is 1. The van der Waals surface area contributed by atoms with Gasteiger partial charge in [-0.25, -0.2) is 0 Å². The predicted octanol–water partition coefficient (Wildman–Crippen LogP) is 2.31. The van der Waals surface area contributed by atoms with Gasteiger partial charge in [-0.05, 0) is 39.5 Å². The molecule has 2 fully saturated rings. The van der Waals surface area contributed by atoms with E-state index in [9.17, 15) is 14.7 Å². The summed E-state index contributed by atoms with van der Waals surface area (Å²) >= 11 is 0. The molecule has 25 heavy (non-hydrogen) atoms. The van der Waals surface area contributed by atoms with Crippen molar-refractivity contribution in [3.63, 3.8) is 0 Å². The quantitative estimate of drug-likeness (QED) is 0.870. The van der Waals surface area contributed by atoms with Gasteiger partial charge in [-0.2, -0.15) is 5.10 Å². The fraction of sp³-hybridized carbons (Fsp3) is 0.722. The van der Waals surface area contributed by atoms with E-state index in [0.29, 0.717) is 31.6 Å². The minimum atomic E-state index is -0.836. The zero-order valence-electron chi connectivity index (χ0n) is 15.0. The third-order valence-corrected chi connectivity index (χ3v) is 5.73. The zero-order valence-corrected chi connectivity index (χ0v) is 15.0. The highest BCUT2D eigenvalue weighted by molar-refractivity contribution is 5.96. The molecule has 0 aromatic carbocycles. The monoisotopic (exact) mass is 349 g/mol. The summed E-state index contributed by atoms with van der Waals surface area (Å²) in [5, 5.41) is 16.9. The Morgan fingerprint density at radius 2 is 2.04 bits per heavy atom. The van der Waals surface area contributed by atoms with Crippen LogP contribution in [0.15, 0.2) is 6.20 Å². The van der Waals surface area contributed by atoms with Crippen LogP contribution in [0.2, 0.25) is 0 Å². The maximum absolute atomic E-state index is 12.8. The SMILES string of the molecule is Cc1c(C(=O)NC2(C)CCCCC2C(=O)O)cnn1C1CCOCC1. The van der Waals surface area contributed by atoms with Gasteiger partial charge in [-0.3, -0.25) is 14.3 Å². The number of carboxylic acids is 1. The Morgan fingerprint density at radius 3 is 2.72 bits per heavy atom. The Bertz CT molecular complexity index is 651. The number of nitrogens with zero attached hydrogens (tertiary/aromatic N) is 2. The number of carbonyl (C=O) groups excluding carboxylic acids is 1. The molecular formula is C18H27N3O4. The number of aliphatic carboxylic acids is 1. The third-order valence-electron chi connectivity index (χ3n) is 5.73. The van der Waals surface area contributed by atoms with Gasteiger partial charge in [0.05, 0.1) is 29.3 Å². The molecule has 0 radical (unpaired) electrons. The van der Waals surface area contributed by atoms with E-state index in [0.717, 1.165) is 31.4 Å². The normalized spacial score (nSPS) is 27.8. The predicted molar refractivity (Wildman–Crippen MR) is 91.5 cm³/mol. The molecule has 1 saturated carbocycles. The number of carboxylic acid groups (broad SMARTS) is 1. The number of nitrogens with one attached hydrogen (secondary N) is 1. The van der Waals surface area contributed by atoms with E-state index in [2.05, 4.69) is 10.4 Å². The first kappa shape index (κ1) is 17.9. The molecule has 1 aliphatic carbocycles. The summed E-state index contributed by atoms with van der Waals surface area (Å²) in [4.78, 5) is 24.4. The molecular weight excluding hydrogens is 322 g/mol. The lowest BCUT2D eigenvalue weighted by Crippen LogP contribution is -2.55. The first-order valence-corrected chi connectivity index (χ1v) is 9.09. The topological polar surface area (TPSA) is 93.5 Å². The number of hydrogen-bond acceptors (Lipinski definition) is 4. The minimum absolute atomic E-state index is 0.230. The lowest BCUT2D eigenvalue weighted by molar-refractivity contribution is -0.145. The largest absolute Gasteiger partial charge is 0.481 e. The van der Waals surface area contributed by atoms with Gasteiger partial charge in [0.2, 0.25) is 0 Å². The van der Waals surface area contributed by atoms with Gasteiger partial charge in [0.25, 0.3) is 5.91 Å². The molecule has 1 aromatic rings. The summed E-state index contributed by atoms with van der Waals surface area (Å²) in [6.07, 6.45) is 6.49. The van der Waals surface area contributed by atoms with Crippen LogP contribution >= 0.6 is 0 Å². The van der Waals surface area contributed by atoms with E-state index >= 15 is 0 Å². The van der Waals surface area contributed by atoms with E-state index < -0.39 is 17.4 Å². The molecule has 7 nitrogen and oxygen atoms in total. The van der Waals surface area contributed by atoms with Gasteiger partial charge < -0.3 is 15.2 Å². The summed E-state index contributed by atoms with van der Waals surface area (Å²) < 4.78 is 7.30. The fourth-order valence-electron chi connectivity index (χ4n) is 4.15. The molecule has 1 aromatic heterocycles. The van der Waals surface area contributed by atoms with Crippen molar-refractivity contribution >= 4 is 11.9 Å². The van der Waals surface area contributed by atoms with Crippen LogP contribution in [0.3, 0.4) is 0 Å². The van der Waals surface area contributed by atoms with Gasteiger partial charge >= 0.3 is 5.97 Å². The van der Waals surface area contributed by atoms with Crippen LogP contribution in [0.5, 0.6) is 0 Å². The Balaban J connectivity index is 1.76. The summed E-state index contributed by atoms with van der Waals surface area (Å²) in [7, 11) is 0. The molecule has 7 heteroatoms. The second-order valence-corrected chi connectivity index (χ2v) is 7.44. The number of amides is 1. The van der Waals surface area contributed by atoms with Crippen LogP contribution in [0, 0.1) is 12.8 Å². The maximum atomic E-state index is 12.8. The van der Waals surface area contributed by atoms with E-state index in [-0.39, 0.29) is 11.9 Å². The maximum Gasteiger partial charge on any atom is 0.308 e. The lowest BCUT2D eigenvalue weighted by atomic mass is 9.73. The summed E-state index contributed by atoms with van der Waals surface area (Å²) in [5.41, 5.74) is 0.645. The van der Waals surface area contributed by atoms with Gasteiger partial charge in [-0.1, -0.05) is 12.8 Å². The molecule has 2 atom stereocenters. The lowest BCUT2D eigenvalue weighted by Gasteiger charge is -2.39. The van der Waals surface area contributed by atoms with Crippen LogP contribution in [0.1, 0.15) is 67.5 Å². The van der Waals surface area contributed by atoms with Gasteiger partial charge in [0.1, 0.15) is 0 Å². The molecule has 1 aliphatic heterocycles. The first-order valence-electron chi connectivity index (χ1n) is 9.09. The number of rotatable bonds is 4. The summed E-state index contributed by atoms with van der Waals surface area (Å²) in [5.74, 6) is -1.61.